The number of halogens is 1. The SMILES string of the molecule is CCOC(=O)C1CCN(C(=O)c2ccc3c(c2)NC(=O)C(CS(=O)(=O)Cc2ccccc2Cl)N3)CC1. The van der Waals surface area contributed by atoms with Gasteiger partial charge in [-0.15, -0.1) is 0 Å². The van der Waals surface area contributed by atoms with Gasteiger partial charge in [0, 0.05) is 23.7 Å². The molecule has 11 heteroatoms. The monoisotopic (exact) mass is 533 g/mol. The van der Waals surface area contributed by atoms with E-state index in [-0.39, 0.29) is 23.5 Å². The first-order valence-corrected chi connectivity index (χ1v) is 14.0. The van der Waals surface area contributed by atoms with Crippen molar-refractivity contribution in [1.29, 1.82) is 0 Å². The van der Waals surface area contributed by atoms with Gasteiger partial charge in [0.15, 0.2) is 9.84 Å². The zero-order chi connectivity index (χ0) is 25.9. The molecule has 2 aliphatic rings. The van der Waals surface area contributed by atoms with Gasteiger partial charge < -0.3 is 20.3 Å². The molecule has 9 nitrogen and oxygen atoms in total. The second kappa shape index (κ2) is 10.9. The average molecular weight is 534 g/mol. The van der Waals surface area contributed by atoms with E-state index in [2.05, 4.69) is 10.6 Å². The quantitative estimate of drug-likeness (QED) is 0.524. The Hall–Kier alpha value is -3.11. The minimum atomic E-state index is -3.64. The van der Waals surface area contributed by atoms with Crippen LogP contribution >= 0.6 is 11.6 Å². The molecule has 36 heavy (non-hydrogen) atoms. The van der Waals surface area contributed by atoms with Crippen molar-refractivity contribution in [2.75, 3.05) is 36.1 Å². The van der Waals surface area contributed by atoms with Gasteiger partial charge >= 0.3 is 5.97 Å². The summed E-state index contributed by atoms with van der Waals surface area (Å²) in [5, 5.41) is 6.05. The summed E-state index contributed by atoms with van der Waals surface area (Å²) in [4.78, 5) is 39.3. The molecule has 2 N–H and O–H groups in total. The van der Waals surface area contributed by atoms with E-state index in [1.807, 2.05) is 0 Å². The molecule has 0 radical (unpaired) electrons. The van der Waals surface area contributed by atoms with E-state index in [1.54, 1.807) is 54.3 Å². The normalized spacial score (nSPS) is 18.1. The fourth-order valence-electron chi connectivity index (χ4n) is 4.42. The lowest BCUT2D eigenvalue weighted by molar-refractivity contribution is -0.149. The van der Waals surface area contributed by atoms with Crippen LogP contribution in [0.5, 0.6) is 0 Å². The largest absolute Gasteiger partial charge is 0.466 e. The molecule has 0 aliphatic carbocycles. The Morgan fingerprint density at radius 3 is 2.53 bits per heavy atom. The molecule has 0 aromatic heterocycles. The third kappa shape index (κ3) is 5.99. The van der Waals surface area contributed by atoms with Crippen molar-refractivity contribution >= 4 is 50.6 Å². The van der Waals surface area contributed by atoms with Gasteiger partial charge in [-0.05, 0) is 49.6 Å². The Labute approximate surface area is 215 Å². The van der Waals surface area contributed by atoms with E-state index < -0.39 is 27.5 Å². The summed E-state index contributed by atoms with van der Waals surface area (Å²) in [6, 6.07) is 10.6. The van der Waals surface area contributed by atoms with Gasteiger partial charge in [0.25, 0.3) is 5.91 Å². The average Bonchev–Trinajstić information content (AvgIpc) is 2.85. The highest BCUT2D eigenvalue weighted by Crippen LogP contribution is 2.30. The Bertz CT molecular complexity index is 1270. The number of fused-ring (bicyclic) bond motifs is 1. The third-order valence-corrected chi connectivity index (χ3v) is 8.29. The molecule has 4 rings (SSSR count). The van der Waals surface area contributed by atoms with Crippen LogP contribution in [0.25, 0.3) is 0 Å². The van der Waals surface area contributed by atoms with Crippen molar-refractivity contribution < 1.29 is 27.5 Å². The second-order valence-electron chi connectivity index (χ2n) is 8.91. The van der Waals surface area contributed by atoms with Crippen LogP contribution in [0, 0.1) is 5.92 Å². The minimum Gasteiger partial charge on any atom is -0.466 e. The lowest BCUT2D eigenvalue weighted by Crippen LogP contribution is -2.44. The predicted octanol–water partition coefficient (Wildman–Crippen LogP) is 3.10. The highest BCUT2D eigenvalue weighted by Gasteiger charge is 2.32. The van der Waals surface area contributed by atoms with Crippen LogP contribution in [0.3, 0.4) is 0 Å². The number of nitrogens with zero attached hydrogens (tertiary/aromatic N) is 1. The van der Waals surface area contributed by atoms with E-state index in [0.717, 1.165) is 0 Å². The smallest absolute Gasteiger partial charge is 0.309 e. The van der Waals surface area contributed by atoms with Crippen LogP contribution in [0.4, 0.5) is 11.4 Å². The number of carbonyl (C=O) groups is 3. The van der Waals surface area contributed by atoms with Gasteiger partial charge in [-0.25, -0.2) is 8.42 Å². The molecule has 2 heterocycles. The van der Waals surface area contributed by atoms with Gasteiger partial charge in [0.05, 0.1) is 35.4 Å². The van der Waals surface area contributed by atoms with Crippen LogP contribution in [-0.4, -0.2) is 62.6 Å². The number of likely N-dealkylation sites (tertiary alicyclic amines) is 1. The number of carbonyl (C=O) groups excluding carboxylic acids is 3. The van der Waals surface area contributed by atoms with Gasteiger partial charge in [-0.3, -0.25) is 14.4 Å². The number of piperidine rings is 1. The summed E-state index contributed by atoms with van der Waals surface area (Å²) in [7, 11) is -3.64. The van der Waals surface area contributed by atoms with Crippen LogP contribution in [-0.2, 0) is 29.9 Å². The number of sulfone groups is 1. The van der Waals surface area contributed by atoms with E-state index in [9.17, 15) is 22.8 Å². The number of hydrogen-bond donors (Lipinski definition) is 2. The first-order valence-electron chi connectivity index (χ1n) is 11.8. The molecule has 2 amide bonds. The summed E-state index contributed by atoms with van der Waals surface area (Å²) in [5.74, 6) is -1.79. The van der Waals surface area contributed by atoms with Crippen molar-refractivity contribution in [3.63, 3.8) is 0 Å². The fraction of sp³-hybridized carbons (Fsp3) is 0.400. The highest BCUT2D eigenvalue weighted by atomic mass is 35.5. The Balaban J connectivity index is 1.39. The Morgan fingerprint density at radius 1 is 1.11 bits per heavy atom. The van der Waals surface area contributed by atoms with Crippen LogP contribution < -0.4 is 10.6 Å². The number of nitrogens with one attached hydrogen (secondary N) is 2. The third-order valence-electron chi connectivity index (χ3n) is 6.33. The summed E-state index contributed by atoms with van der Waals surface area (Å²) in [6.45, 7) is 2.98. The molecular formula is C25H28ClN3O6S. The predicted molar refractivity (Wildman–Crippen MR) is 137 cm³/mol. The van der Waals surface area contributed by atoms with Gasteiger partial charge in [0.1, 0.15) is 6.04 Å². The standard InChI is InChI=1S/C25H28ClN3O6S/c1-2-35-25(32)16-9-11-29(12-10-16)24(31)17-7-8-20-21(13-17)28-23(30)22(27-20)15-36(33,34)14-18-5-3-4-6-19(18)26/h3-8,13,16,22,27H,2,9-12,14-15H2,1H3,(H,28,30). The first-order chi connectivity index (χ1) is 17.2. The van der Waals surface area contributed by atoms with E-state index >= 15 is 0 Å². The maximum atomic E-state index is 13.0. The van der Waals surface area contributed by atoms with Crippen molar-refractivity contribution in [3.8, 4) is 0 Å². The zero-order valence-electron chi connectivity index (χ0n) is 19.8. The van der Waals surface area contributed by atoms with Gasteiger partial charge in [0.2, 0.25) is 5.91 Å². The number of anilines is 2. The Morgan fingerprint density at radius 2 is 1.83 bits per heavy atom. The molecule has 1 atom stereocenters. The second-order valence-corrected chi connectivity index (χ2v) is 11.4. The minimum absolute atomic E-state index is 0.196. The molecule has 2 aromatic carbocycles. The van der Waals surface area contributed by atoms with Crippen molar-refractivity contribution in [3.05, 3.63) is 58.6 Å². The van der Waals surface area contributed by atoms with Crippen LogP contribution in [0.2, 0.25) is 5.02 Å². The van der Waals surface area contributed by atoms with Crippen molar-refractivity contribution in [2.24, 2.45) is 5.92 Å². The Kier molecular flexibility index (Phi) is 7.85. The molecule has 0 saturated carbocycles. The number of hydrogen-bond acceptors (Lipinski definition) is 7. The van der Waals surface area contributed by atoms with Gasteiger partial charge in [-0.2, -0.15) is 0 Å². The molecule has 192 valence electrons. The summed E-state index contributed by atoms with van der Waals surface area (Å²) in [5.41, 5.74) is 1.82. The topological polar surface area (TPSA) is 122 Å². The molecule has 2 aromatic rings. The molecule has 1 fully saturated rings. The van der Waals surface area contributed by atoms with Crippen LogP contribution in [0.15, 0.2) is 42.5 Å². The summed E-state index contributed by atoms with van der Waals surface area (Å²) < 4.78 is 30.6. The zero-order valence-corrected chi connectivity index (χ0v) is 21.4. The number of esters is 1. The van der Waals surface area contributed by atoms with E-state index in [1.165, 1.54) is 0 Å². The molecule has 0 bridgehead atoms. The number of ether oxygens (including phenoxy) is 1. The lowest BCUT2D eigenvalue weighted by Gasteiger charge is -2.31. The molecule has 2 aliphatic heterocycles. The molecular weight excluding hydrogens is 506 g/mol. The molecule has 1 saturated heterocycles. The van der Waals surface area contributed by atoms with E-state index in [4.69, 9.17) is 16.3 Å². The fourth-order valence-corrected chi connectivity index (χ4v) is 6.29. The first kappa shape index (κ1) is 26.0. The van der Waals surface area contributed by atoms with Crippen molar-refractivity contribution in [1.82, 2.24) is 4.90 Å². The molecule has 1 unspecified atom stereocenters. The maximum Gasteiger partial charge on any atom is 0.309 e. The summed E-state index contributed by atoms with van der Waals surface area (Å²) in [6.07, 6.45) is 1.08. The van der Waals surface area contributed by atoms with Crippen molar-refractivity contribution in [2.45, 2.75) is 31.6 Å². The number of amides is 2. The van der Waals surface area contributed by atoms with Gasteiger partial charge in [-0.1, -0.05) is 29.8 Å². The molecule has 0 spiro atoms. The summed E-state index contributed by atoms with van der Waals surface area (Å²) >= 11 is 6.09. The number of rotatable bonds is 7. The lowest BCUT2D eigenvalue weighted by atomic mass is 9.96. The number of benzene rings is 2. The van der Waals surface area contributed by atoms with Crippen LogP contribution in [0.1, 0.15) is 35.7 Å². The van der Waals surface area contributed by atoms with E-state index in [0.29, 0.717) is 60.1 Å². The maximum absolute atomic E-state index is 13.0. The highest BCUT2D eigenvalue weighted by molar-refractivity contribution is 7.90.